The number of urea groups is 1. The molecule has 2 N–H and O–H groups in total. The maximum atomic E-state index is 12.6. The minimum Gasteiger partial charge on any atom is -0.462 e. The number of amides is 2. The van der Waals surface area contributed by atoms with Gasteiger partial charge in [0.15, 0.2) is 0 Å². The van der Waals surface area contributed by atoms with Crippen LogP contribution in [0.2, 0.25) is 0 Å². The molecule has 1 aliphatic carbocycles. The second kappa shape index (κ2) is 9.73. The van der Waals surface area contributed by atoms with Gasteiger partial charge in [-0.1, -0.05) is 50.5 Å². The van der Waals surface area contributed by atoms with Crippen molar-refractivity contribution in [2.75, 3.05) is 11.9 Å². The van der Waals surface area contributed by atoms with Crippen molar-refractivity contribution in [1.29, 1.82) is 0 Å². The molecule has 28 heavy (non-hydrogen) atoms. The Morgan fingerprint density at radius 2 is 1.82 bits per heavy atom. The standard InChI is InChI=1S/C22H28N2O3S/c1-3-15-10-12-16(13-11-15)18-14-28-20(19(18)21(25)27-4-2)24-22(26)23-17-8-6-5-7-9-17/h10-14,17H,3-9H2,1-2H3,(H2,23,24,26). The number of ether oxygens (including phenoxy) is 1. The van der Waals surface area contributed by atoms with Gasteiger partial charge in [-0.3, -0.25) is 5.32 Å². The minimum atomic E-state index is -0.411. The lowest BCUT2D eigenvalue weighted by molar-refractivity contribution is 0.0529. The number of nitrogens with one attached hydrogen (secondary N) is 2. The van der Waals surface area contributed by atoms with Crippen molar-refractivity contribution in [3.05, 3.63) is 40.8 Å². The highest BCUT2D eigenvalue weighted by atomic mass is 32.1. The lowest BCUT2D eigenvalue weighted by Gasteiger charge is -2.22. The topological polar surface area (TPSA) is 67.4 Å². The normalized spacial score (nSPS) is 14.5. The predicted octanol–water partition coefficient (Wildman–Crippen LogP) is 5.61. The fourth-order valence-corrected chi connectivity index (χ4v) is 4.51. The Morgan fingerprint density at radius 1 is 1.11 bits per heavy atom. The van der Waals surface area contributed by atoms with Crippen LogP contribution >= 0.6 is 11.3 Å². The summed E-state index contributed by atoms with van der Waals surface area (Å²) in [4.78, 5) is 25.1. The molecule has 0 atom stereocenters. The Kier molecular flexibility index (Phi) is 7.09. The molecule has 1 heterocycles. The zero-order chi connectivity index (χ0) is 19.9. The third-order valence-corrected chi connectivity index (χ3v) is 6.01. The zero-order valence-corrected chi connectivity index (χ0v) is 17.4. The fourth-order valence-electron chi connectivity index (χ4n) is 3.56. The van der Waals surface area contributed by atoms with Crippen LogP contribution in [0, 0.1) is 0 Å². The van der Waals surface area contributed by atoms with Gasteiger partial charge in [0.1, 0.15) is 10.6 Å². The highest BCUT2D eigenvalue weighted by Gasteiger charge is 2.24. The van der Waals surface area contributed by atoms with Crippen molar-refractivity contribution >= 4 is 28.3 Å². The molecule has 0 aliphatic heterocycles. The van der Waals surface area contributed by atoms with Crippen LogP contribution < -0.4 is 10.6 Å². The van der Waals surface area contributed by atoms with Gasteiger partial charge in [0.2, 0.25) is 0 Å². The Morgan fingerprint density at radius 3 is 2.46 bits per heavy atom. The molecule has 1 saturated carbocycles. The summed E-state index contributed by atoms with van der Waals surface area (Å²) in [6.45, 7) is 4.18. The summed E-state index contributed by atoms with van der Waals surface area (Å²) in [6, 6.07) is 8.09. The second-order valence-electron chi connectivity index (χ2n) is 7.06. The Bertz CT molecular complexity index is 808. The molecule has 0 saturated heterocycles. The average Bonchev–Trinajstić information content (AvgIpc) is 3.12. The van der Waals surface area contributed by atoms with Crippen LogP contribution in [0.5, 0.6) is 0 Å². The lowest BCUT2D eigenvalue weighted by atomic mass is 9.96. The molecule has 150 valence electrons. The summed E-state index contributed by atoms with van der Waals surface area (Å²) in [5.41, 5.74) is 3.40. The molecule has 0 spiro atoms. The summed E-state index contributed by atoms with van der Waals surface area (Å²) < 4.78 is 5.26. The quantitative estimate of drug-likeness (QED) is 0.620. The molecule has 1 fully saturated rings. The van der Waals surface area contributed by atoms with E-state index in [1.54, 1.807) is 6.92 Å². The molecule has 3 rings (SSSR count). The maximum Gasteiger partial charge on any atom is 0.341 e. The summed E-state index contributed by atoms with van der Waals surface area (Å²) >= 11 is 1.35. The molecule has 1 aromatic carbocycles. The molecule has 5 nitrogen and oxygen atoms in total. The number of benzene rings is 1. The molecule has 0 bridgehead atoms. The largest absolute Gasteiger partial charge is 0.462 e. The van der Waals surface area contributed by atoms with Crippen molar-refractivity contribution in [3.63, 3.8) is 0 Å². The number of anilines is 1. The van der Waals surface area contributed by atoms with Gasteiger partial charge in [0.05, 0.1) is 6.61 Å². The van der Waals surface area contributed by atoms with Gasteiger partial charge in [-0.05, 0) is 37.3 Å². The van der Waals surface area contributed by atoms with Gasteiger partial charge in [-0.15, -0.1) is 11.3 Å². The first-order valence-electron chi connectivity index (χ1n) is 10.1. The van der Waals surface area contributed by atoms with E-state index >= 15 is 0 Å². The Balaban J connectivity index is 1.82. The van der Waals surface area contributed by atoms with Gasteiger partial charge < -0.3 is 10.1 Å². The molecular formula is C22H28N2O3S. The van der Waals surface area contributed by atoms with Crippen LogP contribution in [0.1, 0.15) is 61.9 Å². The van der Waals surface area contributed by atoms with E-state index in [-0.39, 0.29) is 18.7 Å². The van der Waals surface area contributed by atoms with Crippen LogP contribution in [-0.2, 0) is 11.2 Å². The summed E-state index contributed by atoms with van der Waals surface area (Å²) in [5, 5.41) is 8.35. The summed E-state index contributed by atoms with van der Waals surface area (Å²) in [6.07, 6.45) is 6.52. The highest BCUT2D eigenvalue weighted by Crippen LogP contribution is 2.36. The Hall–Kier alpha value is -2.34. The van der Waals surface area contributed by atoms with Gasteiger partial charge >= 0.3 is 12.0 Å². The molecule has 2 amide bonds. The number of rotatable bonds is 6. The van der Waals surface area contributed by atoms with E-state index in [0.29, 0.717) is 10.6 Å². The molecule has 0 radical (unpaired) electrons. The highest BCUT2D eigenvalue weighted by molar-refractivity contribution is 7.15. The third kappa shape index (κ3) is 4.93. The Labute approximate surface area is 170 Å². The minimum absolute atomic E-state index is 0.209. The first-order valence-corrected chi connectivity index (χ1v) is 11.0. The van der Waals surface area contributed by atoms with E-state index in [9.17, 15) is 9.59 Å². The number of esters is 1. The first kappa shape index (κ1) is 20.4. The van der Waals surface area contributed by atoms with Crippen molar-refractivity contribution in [2.45, 2.75) is 58.4 Å². The van der Waals surface area contributed by atoms with E-state index in [4.69, 9.17) is 4.74 Å². The van der Waals surface area contributed by atoms with Crippen LogP contribution in [0.4, 0.5) is 9.80 Å². The van der Waals surface area contributed by atoms with Gasteiger partial charge in [-0.2, -0.15) is 0 Å². The molecule has 0 unspecified atom stereocenters. The monoisotopic (exact) mass is 400 g/mol. The number of aryl methyl sites for hydroxylation is 1. The summed E-state index contributed by atoms with van der Waals surface area (Å²) in [7, 11) is 0. The van der Waals surface area contributed by atoms with Crippen LogP contribution in [0.25, 0.3) is 11.1 Å². The second-order valence-corrected chi connectivity index (χ2v) is 7.94. The van der Waals surface area contributed by atoms with E-state index in [2.05, 4.69) is 29.7 Å². The molecular weight excluding hydrogens is 372 g/mol. The number of thiophene rings is 1. The van der Waals surface area contributed by atoms with Gasteiger partial charge in [-0.25, -0.2) is 9.59 Å². The maximum absolute atomic E-state index is 12.6. The van der Waals surface area contributed by atoms with Crippen LogP contribution in [0.15, 0.2) is 29.6 Å². The third-order valence-electron chi connectivity index (χ3n) is 5.11. The first-order chi connectivity index (χ1) is 13.6. The number of hydrogen-bond donors (Lipinski definition) is 2. The van der Waals surface area contributed by atoms with E-state index in [0.717, 1.165) is 43.2 Å². The van der Waals surface area contributed by atoms with Crippen molar-refractivity contribution in [2.24, 2.45) is 0 Å². The number of carbonyl (C=O) groups is 2. The number of hydrogen-bond acceptors (Lipinski definition) is 4. The fraction of sp³-hybridized carbons (Fsp3) is 0.455. The van der Waals surface area contributed by atoms with Gasteiger partial charge in [0, 0.05) is 17.0 Å². The van der Waals surface area contributed by atoms with Crippen LogP contribution in [0.3, 0.4) is 0 Å². The molecule has 2 aromatic rings. The summed E-state index contributed by atoms with van der Waals surface area (Å²) in [5.74, 6) is -0.411. The van der Waals surface area contributed by atoms with E-state index in [1.807, 2.05) is 17.5 Å². The predicted molar refractivity (Wildman–Crippen MR) is 114 cm³/mol. The lowest BCUT2D eigenvalue weighted by Crippen LogP contribution is -2.39. The van der Waals surface area contributed by atoms with Crippen molar-refractivity contribution in [3.8, 4) is 11.1 Å². The zero-order valence-electron chi connectivity index (χ0n) is 16.5. The smallest absolute Gasteiger partial charge is 0.341 e. The number of carbonyl (C=O) groups excluding carboxylic acids is 2. The van der Waals surface area contributed by atoms with Crippen molar-refractivity contribution < 1.29 is 14.3 Å². The van der Waals surface area contributed by atoms with E-state index in [1.165, 1.54) is 23.3 Å². The molecule has 6 heteroatoms. The average molecular weight is 401 g/mol. The molecule has 1 aliphatic rings. The van der Waals surface area contributed by atoms with Crippen LogP contribution in [-0.4, -0.2) is 24.6 Å². The van der Waals surface area contributed by atoms with Crippen molar-refractivity contribution in [1.82, 2.24) is 5.32 Å². The molecule has 1 aromatic heterocycles. The van der Waals surface area contributed by atoms with E-state index < -0.39 is 5.97 Å². The van der Waals surface area contributed by atoms with Gasteiger partial charge in [0.25, 0.3) is 0 Å². The SMILES string of the molecule is CCOC(=O)c1c(-c2ccc(CC)cc2)csc1NC(=O)NC1CCCCC1.